The minimum Gasteiger partial charge on any atom is -0.494 e. The van der Waals surface area contributed by atoms with E-state index >= 15 is 0 Å². The van der Waals surface area contributed by atoms with Gasteiger partial charge in [-0.3, -0.25) is 0 Å². The number of hydrogen-bond donors (Lipinski definition) is 1. The van der Waals surface area contributed by atoms with Gasteiger partial charge in [0.25, 0.3) is 0 Å². The molecule has 0 aliphatic carbocycles. The second kappa shape index (κ2) is 6.01. The number of nitrogens with two attached hydrogens (primary N) is 1. The Morgan fingerprint density at radius 2 is 2.16 bits per heavy atom. The molecule has 0 radical (unpaired) electrons. The number of nitrogens with zero attached hydrogens (tertiary/aromatic N) is 2. The second-order valence-corrected chi connectivity index (χ2v) is 4.00. The maximum absolute atomic E-state index is 5.69. The standard InChI is InChI=1S/C13H13N3O2S/c1-17-12-7-3-2-6-11(12)16(13(14)19)15-9-10-5-4-8-18-10/h2-9H,1H3,(H2,14,19)/b15-9+. The molecule has 2 rings (SSSR count). The fourth-order valence-electron chi connectivity index (χ4n) is 1.52. The summed E-state index contributed by atoms with van der Waals surface area (Å²) >= 11 is 5.01. The Hall–Kier alpha value is -2.34. The number of methoxy groups -OCH3 is 1. The molecule has 1 heterocycles. The van der Waals surface area contributed by atoms with Gasteiger partial charge in [0, 0.05) is 0 Å². The van der Waals surface area contributed by atoms with Crippen molar-refractivity contribution in [2.75, 3.05) is 12.1 Å². The van der Waals surface area contributed by atoms with Crippen molar-refractivity contribution in [3.8, 4) is 5.75 Å². The number of anilines is 1. The lowest BCUT2D eigenvalue weighted by Gasteiger charge is -2.18. The molecule has 2 aromatic rings. The summed E-state index contributed by atoms with van der Waals surface area (Å²) in [7, 11) is 1.58. The Bertz CT molecular complexity index is 581. The average molecular weight is 275 g/mol. The maximum atomic E-state index is 5.69. The first-order valence-corrected chi connectivity index (χ1v) is 5.93. The number of hydrazone groups is 1. The quantitative estimate of drug-likeness (QED) is 0.527. The summed E-state index contributed by atoms with van der Waals surface area (Å²) in [4.78, 5) is 0. The number of ether oxygens (including phenoxy) is 1. The van der Waals surface area contributed by atoms with Crippen LogP contribution < -0.4 is 15.5 Å². The Morgan fingerprint density at radius 1 is 1.37 bits per heavy atom. The molecule has 5 nitrogen and oxygen atoms in total. The van der Waals surface area contributed by atoms with Gasteiger partial charge in [0.05, 0.1) is 19.6 Å². The van der Waals surface area contributed by atoms with Gasteiger partial charge >= 0.3 is 0 Å². The zero-order valence-electron chi connectivity index (χ0n) is 10.3. The van der Waals surface area contributed by atoms with Crippen molar-refractivity contribution < 1.29 is 9.15 Å². The van der Waals surface area contributed by atoms with Gasteiger partial charge in [-0.05, 0) is 36.5 Å². The number of thiocarbonyl (C=S) groups is 1. The fourth-order valence-corrected chi connectivity index (χ4v) is 1.67. The van der Waals surface area contributed by atoms with Gasteiger partial charge in [-0.2, -0.15) is 5.10 Å². The summed E-state index contributed by atoms with van der Waals surface area (Å²) in [6.45, 7) is 0. The van der Waals surface area contributed by atoms with Gasteiger partial charge in [-0.15, -0.1) is 0 Å². The van der Waals surface area contributed by atoms with Crippen LogP contribution in [0.15, 0.2) is 52.2 Å². The largest absolute Gasteiger partial charge is 0.494 e. The minimum absolute atomic E-state index is 0.118. The third-order valence-corrected chi connectivity index (χ3v) is 2.54. The lowest BCUT2D eigenvalue weighted by molar-refractivity contribution is 0.415. The predicted molar refractivity (Wildman–Crippen MR) is 78.6 cm³/mol. The number of furan rings is 1. The van der Waals surface area contributed by atoms with E-state index in [0.717, 1.165) is 0 Å². The lowest BCUT2D eigenvalue weighted by Crippen LogP contribution is -2.31. The average Bonchev–Trinajstić information content (AvgIpc) is 2.92. The summed E-state index contributed by atoms with van der Waals surface area (Å²) < 4.78 is 10.4. The van der Waals surface area contributed by atoms with E-state index in [1.165, 1.54) is 11.2 Å². The summed E-state index contributed by atoms with van der Waals surface area (Å²) in [6.07, 6.45) is 3.10. The topological polar surface area (TPSA) is 64.0 Å². The number of para-hydroxylation sites is 2. The zero-order chi connectivity index (χ0) is 13.7. The van der Waals surface area contributed by atoms with Gasteiger partial charge in [0.1, 0.15) is 17.2 Å². The van der Waals surface area contributed by atoms with Crippen molar-refractivity contribution in [1.29, 1.82) is 0 Å². The highest BCUT2D eigenvalue weighted by molar-refractivity contribution is 7.80. The molecule has 0 unspecified atom stereocenters. The molecule has 0 aliphatic rings. The zero-order valence-corrected chi connectivity index (χ0v) is 11.1. The first-order valence-electron chi connectivity index (χ1n) is 5.52. The van der Waals surface area contributed by atoms with Crippen LogP contribution in [0, 0.1) is 0 Å². The van der Waals surface area contributed by atoms with Crippen LogP contribution in [0.1, 0.15) is 5.76 Å². The van der Waals surface area contributed by atoms with Crippen LogP contribution in [0.25, 0.3) is 0 Å². The molecule has 19 heavy (non-hydrogen) atoms. The highest BCUT2D eigenvalue weighted by Crippen LogP contribution is 2.27. The molecule has 0 amide bonds. The van der Waals surface area contributed by atoms with Crippen LogP contribution in [-0.4, -0.2) is 18.4 Å². The van der Waals surface area contributed by atoms with Crippen LogP contribution in [-0.2, 0) is 0 Å². The first kappa shape index (κ1) is 13.1. The predicted octanol–water partition coefficient (Wildman–Crippen LogP) is 2.37. The third-order valence-electron chi connectivity index (χ3n) is 2.37. The molecule has 0 aliphatic heterocycles. The Kier molecular flexibility index (Phi) is 4.15. The number of hydrogen-bond acceptors (Lipinski definition) is 4. The molecule has 6 heteroatoms. The third kappa shape index (κ3) is 3.11. The molecule has 0 bridgehead atoms. The van der Waals surface area contributed by atoms with Crippen molar-refractivity contribution in [2.24, 2.45) is 10.8 Å². The summed E-state index contributed by atoms with van der Waals surface area (Å²) in [5, 5.41) is 5.74. The Labute approximate surface area is 116 Å². The van der Waals surface area contributed by atoms with E-state index in [1.807, 2.05) is 24.3 Å². The van der Waals surface area contributed by atoms with Gasteiger partial charge in [0.15, 0.2) is 5.11 Å². The van der Waals surface area contributed by atoms with E-state index in [0.29, 0.717) is 17.2 Å². The van der Waals surface area contributed by atoms with Crippen LogP contribution in [0.4, 0.5) is 5.69 Å². The Balaban J connectivity index is 2.32. The molecule has 1 aromatic carbocycles. The van der Waals surface area contributed by atoms with Gasteiger partial charge in [0.2, 0.25) is 0 Å². The molecule has 0 fully saturated rings. The molecule has 2 N–H and O–H groups in total. The van der Waals surface area contributed by atoms with Crippen molar-refractivity contribution in [2.45, 2.75) is 0 Å². The molecule has 98 valence electrons. The van der Waals surface area contributed by atoms with Gasteiger partial charge in [-0.1, -0.05) is 12.1 Å². The van der Waals surface area contributed by atoms with E-state index in [2.05, 4.69) is 5.10 Å². The van der Waals surface area contributed by atoms with Crippen LogP contribution >= 0.6 is 12.2 Å². The van der Waals surface area contributed by atoms with Crippen LogP contribution in [0.2, 0.25) is 0 Å². The molecule has 1 aromatic heterocycles. The monoisotopic (exact) mass is 275 g/mol. The van der Waals surface area contributed by atoms with E-state index in [9.17, 15) is 0 Å². The SMILES string of the molecule is COc1ccccc1N(/N=C/c1ccco1)C(N)=S. The fraction of sp³-hybridized carbons (Fsp3) is 0.0769. The van der Waals surface area contributed by atoms with Crippen molar-refractivity contribution in [1.82, 2.24) is 0 Å². The smallest absolute Gasteiger partial charge is 0.191 e. The van der Waals surface area contributed by atoms with Crippen molar-refractivity contribution >= 4 is 29.2 Å². The summed E-state index contributed by atoms with van der Waals surface area (Å²) in [5.41, 5.74) is 6.36. The van der Waals surface area contributed by atoms with E-state index in [4.69, 9.17) is 27.1 Å². The number of benzene rings is 1. The van der Waals surface area contributed by atoms with E-state index < -0.39 is 0 Å². The summed E-state index contributed by atoms with van der Waals surface area (Å²) in [6, 6.07) is 10.9. The molecular weight excluding hydrogens is 262 g/mol. The number of rotatable bonds is 4. The molecular formula is C13H13N3O2S. The summed E-state index contributed by atoms with van der Waals surface area (Å²) in [5.74, 6) is 1.24. The highest BCUT2D eigenvalue weighted by Gasteiger charge is 2.12. The van der Waals surface area contributed by atoms with Crippen molar-refractivity contribution in [3.63, 3.8) is 0 Å². The molecule has 0 spiro atoms. The first-order chi connectivity index (χ1) is 9.22. The maximum Gasteiger partial charge on any atom is 0.191 e. The van der Waals surface area contributed by atoms with Crippen LogP contribution in [0.5, 0.6) is 5.75 Å². The van der Waals surface area contributed by atoms with Crippen LogP contribution in [0.3, 0.4) is 0 Å². The molecule has 0 saturated heterocycles. The molecule has 0 saturated carbocycles. The van der Waals surface area contributed by atoms with Gasteiger partial charge < -0.3 is 14.9 Å². The Morgan fingerprint density at radius 3 is 2.79 bits per heavy atom. The minimum atomic E-state index is 0.118. The lowest BCUT2D eigenvalue weighted by atomic mass is 10.3. The second-order valence-electron chi connectivity index (χ2n) is 3.58. The highest BCUT2D eigenvalue weighted by atomic mass is 32.1. The van der Waals surface area contributed by atoms with E-state index in [1.54, 1.807) is 25.5 Å². The normalized spacial score (nSPS) is 10.6. The van der Waals surface area contributed by atoms with E-state index in [-0.39, 0.29) is 5.11 Å². The van der Waals surface area contributed by atoms with Crippen molar-refractivity contribution in [3.05, 3.63) is 48.4 Å². The molecule has 0 atom stereocenters. The van der Waals surface area contributed by atoms with Gasteiger partial charge in [-0.25, -0.2) is 5.01 Å².